The molecule has 1 aromatic heterocycles. The summed E-state index contributed by atoms with van der Waals surface area (Å²) in [5.74, 6) is 1.31. The maximum atomic E-state index is 12.9. The highest BCUT2D eigenvalue weighted by molar-refractivity contribution is 5.60. The SMILES string of the molecule is CC(=Cc1ccc(-c2ccc(F)cc2)o1)CNC(C)(C)C. The number of halogens is 1. The maximum Gasteiger partial charge on any atom is 0.134 e. The van der Waals surface area contributed by atoms with E-state index in [1.165, 1.54) is 17.7 Å². The predicted molar refractivity (Wildman–Crippen MR) is 85.5 cm³/mol. The molecular weight excluding hydrogens is 265 g/mol. The molecule has 2 nitrogen and oxygen atoms in total. The third-order valence-electron chi connectivity index (χ3n) is 3.04. The minimum Gasteiger partial charge on any atom is -0.457 e. The molecule has 0 saturated carbocycles. The molecule has 2 rings (SSSR count). The molecule has 0 atom stereocenters. The quantitative estimate of drug-likeness (QED) is 0.867. The van der Waals surface area contributed by atoms with Gasteiger partial charge >= 0.3 is 0 Å². The highest BCUT2D eigenvalue weighted by Gasteiger charge is 2.08. The van der Waals surface area contributed by atoms with Crippen LogP contribution < -0.4 is 5.32 Å². The van der Waals surface area contributed by atoms with Crippen molar-refractivity contribution in [1.29, 1.82) is 0 Å². The topological polar surface area (TPSA) is 25.2 Å². The van der Waals surface area contributed by atoms with E-state index in [9.17, 15) is 4.39 Å². The van der Waals surface area contributed by atoms with Gasteiger partial charge in [0.15, 0.2) is 0 Å². The molecule has 21 heavy (non-hydrogen) atoms. The van der Waals surface area contributed by atoms with E-state index in [0.717, 1.165) is 23.6 Å². The Labute approximate surface area is 125 Å². The van der Waals surface area contributed by atoms with Gasteiger partial charge in [0.05, 0.1) is 0 Å². The molecule has 112 valence electrons. The van der Waals surface area contributed by atoms with E-state index < -0.39 is 0 Å². The van der Waals surface area contributed by atoms with Crippen LogP contribution in [0.4, 0.5) is 4.39 Å². The molecule has 0 amide bonds. The number of hydrogen-bond donors (Lipinski definition) is 1. The van der Waals surface area contributed by atoms with Crippen molar-refractivity contribution in [3.05, 3.63) is 53.5 Å². The normalized spacial score (nSPS) is 12.7. The summed E-state index contributed by atoms with van der Waals surface area (Å²) in [7, 11) is 0. The molecule has 0 fully saturated rings. The minimum atomic E-state index is -0.241. The Hall–Kier alpha value is -1.87. The summed E-state index contributed by atoms with van der Waals surface area (Å²) in [4.78, 5) is 0. The standard InChI is InChI=1S/C18H22FNO/c1-13(12-20-18(2,3)4)11-16-9-10-17(21-16)14-5-7-15(19)8-6-14/h5-11,20H,12H2,1-4H3. The summed E-state index contributed by atoms with van der Waals surface area (Å²) in [6.07, 6.45) is 2.02. The molecule has 0 spiro atoms. The summed E-state index contributed by atoms with van der Waals surface area (Å²) >= 11 is 0. The number of rotatable bonds is 4. The number of hydrogen-bond acceptors (Lipinski definition) is 2. The third-order valence-corrected chi connectivity index (χ3v) is 3.04. The van der Waals surface area contributed by atoms with Gasteiger partial charge in [-0.05, 0) is 70.2 Å². The summed E-state index contributed by atoms with van der Waals surface area (Å²) in [5, 5.41) is 3.43. The van der Waals surface area contributed by atoms with Crippen LogP contribution in [0.15, 0.2) is 46.4 Å². The van der Waals surface area contributed by atoms with E-state index in [2.05, 4.69) is 33.0 Å². The maximum absolute atomic E-state index is 12.9. The van der Waals surface area contributed by atoms with Gasteiger partial charge < -0.3 is 9.73 Å². The molecule has 0 unspecified atom stereocenters. The van der Waals surface area contributed by atoms with Crippen molar-refractivity contribution < 1.29 is 8.81 Å². The molecule has 2 aromatic rings. The van der Waals surface area contributed by atoms with Crippen LogP contribution in [0.5, 0.6) is 0 Å². The smallest absolute Gasteiger partial charge is 0.134 e. The van der Waals surface area contributed by atoms with Gasteiger partial charge in [-0.1, -0.05) is 5.57 Å². The zero-order valence-corrected chi connectivity index (χ0v) is 13.0. The first-order chi connectivity index (χ1) is 9.83. The first kappa shape index (κ1) is 15.5. The molecule has 0 aliphatic rings. The molecule has 0 radical (unpaired) electrons. The highest BCUT2D eigenvalue weighted by atomic mass is 19.1. The summed E-state index contributed by atoms with van der Waals surface area (Å²) in [6.45, 7) is 9.30. The first-order valence-corrected chi connectivity index (χ1v) is 7.11. The fourth-order valence-corrected chi connectivity index (χ4v) is 1.90. The number of benzene rings is 1. The van der Waals surface area contributed by atoms with Gasteiger partial charge in [0.2, 0.25) is 0 Å². The van der Waals surface area contributed by atoms with Crippen LogP contribution in [-0.4, -0.2) is 12.1 Å². The fourth-order valence-electron chi connectivity index (χ4n) is 1.90. The van der Waals surface area contributed by atoms with Crippen LogP contribution >= 0.6 is 0 Å². The number of nitrogens with one attached hydrogen (secondary N) is 1. The predicted octanol–water partition coefficient (Wildman–Crippen LogP) is 4.88. The van der Waals surface area contributed by atoms with E-state index in [-0.39, 0.29) is 11.4 Å². The lowest BCUT2D eigenvalue weighted by molar-refractivity contribution is 0.445. The van der Waals surface area contributed by atoms with Gasteiger partial charge in [0.1, 0.15) is 17.3 Å². The van der Waals surface area contributed by atoms with Gasteiger partial charge in [-0.2, -0.15) is 0 Å². The molecule has 0 saturated heterocycles. The average Bonchev–Trinajstić information content (AvgIpc) is 2.85. The van der Waals surface area contributed by atoms with E-state index >= 15 is 0 Å². The molecule has 0 bridgehead atoms. The molecule has 1 N–H and O–H groups in total. The number of furan rings is 1. The van der Waals surface area contributed by atoms with Crippen LogP contribution in [0.1, 0.15) is 33.5 Å². The molecule has 3 heteroatoms. The zero-order valence-electron chi connectivity index (χ0n) is 13.0. The second-order valence-corrected chi connectivity index (χ2v) is 6.30. The Morgan fingerprint density at radius 2 is 1.81 bits per heavy atom. The lowest BCUT2D eigenvalue weighted by Gasteiger charge is -2.20. The van der Waals surface area contributed by atoms with Gasteiger partial charge in [-0.15, -0.1) is 0 Å². The summed E-state index contributed by atoms with van der Waals surface area (Å²) in [5.41, 5.74) is 2.17. The van der Waals surface area contributed by atoms with Crippen molar-refractivity contribution in [1.82, 2.24) is 5.32 Å². The largest absolute Gasteiger partial charge is 0.457 e. The Kier molecular flexibility index (Phi) is 4.63. The van der Waals surface area contributed by atoms with E-state index in [4.69, 9.17) is 4.42 Å². The van der Waals surface area contributed by atoms with Crippen LogP contribution in [-0.2, 0) is 0 Å². The average molecular weight is 287 g/mol. The zero-order chi connectivity index (χ0) is 15.5. The first-order valence-electron chi connectivity index (χ1n) is 7.11. The monoisotopic (exact) mass is 287 g/mol. The van der Waals surface area contributed by atoms with Crippen molar-refractivity contribution >= 4 is 6.08 Å². The van der Waals surface area contributed by atoms with Crippen LogP contribution in [0.3, 0.4) is 0 Å². The molecule has 0 aliphatic carbocycles. The molecule has 0 aliphatic heterocycles. The van der Waals surface area contributed by atoms with E-state index in [0.29, 0.717) is 0 Å². The Balaban J connectivity index is 2.07. The summed E-state index contributed by atoms with van der Waals surface area (Å²) in [6, 6.07) is 10.1. The second-order valence-electron chi connectivity index (χ2n) is 6.30. The van der Waals surface area contributed by atoms with Crippen molar-refractivity contribution in [2.24, 2.45) is 0 Å². The fraction of sp³-hybridized carbons (Fsp3) is 0.333. The van der Waals surface area contributed by atoms with Crippen LogP contribution in [0.25, 0.3) is 17.4 Å². The van der Waals surface area contributed by atoms with Gasteiger partial charge in [-0.3, -0.25) is 0 Å². The van der Waals surface area contributed by atoms with Crippen molar-refractivity contribution in [3.63, 3.8) is 0 Å². The Morgan fingerprint density at radius 1 is 1.14 bits per heavy atom. The summed E-state index contributed by atoms with van der Waals surface area (Å²) < 4.78 is 18.7. The third kappa shape index (κ3) is 4.87. The van der Waals surface area contributed by atoms with Crippen molar-refractivity contribution in [2.75, 3.05) is 6.54 Å². The van der Waals surface area contributed by atoms with Crippen molar-refractivity contribution in [3.8, 4) is 11.3 Å². The molecular formula is C18H22FNO. The van der Waals surface area contributed by atoms with E-state index in [1.54, 1.807) is 12.1 Å². The minimum absolute atomic E-state index is 0.0948. The van der Waals surface area contributed by atoms with E-state index in [1.807, 2.05) is 18.2 Å². The van der Waals surface area contributed by atoms with Gasteiger partial charge in [0.25, 0.3) is 0 Å². The van der Waals surface area contributed by atoms with Gasteiger partial charge in [0, 0.05) is 17.6 Å². The Morgan fingerprint density at radius 3 is 2.43 bits per heavy atom. The van der Waals surface area contributed by atoms with Crippen LogP contribution in [0.2, 0.25) is 0 Å². The molecule has 1 aromatic carbocycles. The van der Waals surface area contributed by atoms with Crippen LogP contribution in [0, 0.1) is 5.82 Å². The lowest BCUT2D eigenvalue weighted by atomic mass is 10.1. The molecule has 1 heterocycles. The highest BCUT2D eigenvalue weighted by Crippen LogP contribution is 2.23. The Bertz CT molecular complexity index is 617. The van der Waals surface area contributed by atoms with Gasteiger partial charge in [-0.25, -0.2) is 4.39 Å². The second kappa shape index (κ2) is 6.27. The van der Waals surface area contributed by atoms with Crippen molar-refractivity contribution in [2.45, 2.75) is 33.2 Å². The lowest BCUT2D eigenvalue weighted by Crippen LogP contribution is -2.36.